The zero-order valence-electron chi connectivity index (χ0n) is 18.6. The maximum absolute atomic E-state index is 12.8. The normalized spacial score (nSPS) is 14.9. The Labute approximate surface area is 188 Å². The second-order valence-corrected chi connectivity index (χ2v) is 8.73. The number of carbonyl (C=O) groups excluding carboxylic acids is 1. The molecule has 1 aliphatic rings. The zero-order chi connectivity index (χ0) is 22.1. The number of hydrogen-bond donors (Lipinski definition) is 1. The number of piperazine rings is 1. The average molecular weight is 425 g/mol. The Morgan fingerprint density at radius 2 is 1.62 bits per heavy atom. The van der Waals surface area contributed by atoms with Gasteiger partial charge in [-0.25, -0.2) is 0 Å². The van der Waals surface area contributed by atoms with Crippen molar-refractivity contribution in [3.05, 3.63) is 78.5 Å². The molecule has 5 nitrogen and oxygen atoms in total. The maximum atomic E-state index is 12.8. The van der Waals surface area contributed by atoms with Crippen LogP contribution in [0, 0.1) is 0 Å². The molecule has 0 spiro atoms. The molecular formula is C27H28N4O. The Morgan fingerprint density at radius 1 is 0.875 bits per heavy atom. The lowest BCUT2D eigenvalue weighted by Gasteiger charge is -2.38. The predicted octanol–water partition coefficient (Wildman–Crippen LogP) is 5.17. The van der Waals surface area contributed by atoms with Crippen molar-refractivity contribution in [3.8, 4) is 0 Å². The third-order valence-electron chi connectivity index (χ3n) is 6.36. The van der Waals surface area contributed by atoms with E-state index in [1.807, 2.05) is 48.5 Å². The van der Waals surface area contributed by atoms with E-state index in [1.54, 1.807) is 6.20 Å². The van der Waals surface area contributed by atoms with E-state index in [0.29, 0.717) is 11.6 Å². The standard InChI is InChI=1S/C27H28N4O/c1-19(2)30-12-14-31(15-13-30)25-10-8-21-16-23(6-5-22(21)17-25)27(32)29-24-9-7-20-4-3-11-28-26(20)18-24/h3-11,16-19H,12-15H2,1-2H3,(H,29,32). The summed E-state index contributed by atoms with van der Waals surface area (Å²) in [6.45, 7) is 8.81. The van der Waals surface area contributed by atoms with E-state index in [1.165, 1.54) is 5.69 Å². The molecule has 2 heterocycles. The molecule has 1 aliphatic heterocycles. The fourth-order valence-electron chi connectivity index (χ4n) is 4.42. The first-order chi connectivity index (χ1) is 15.6. The van der Waals surface area contributed by atoms with Crippen molar-refractivity contribution < 1.29 is 4.79 Å². The third-order valence-corrected chi connectivity index (χ3v) is 6.36. The molecule has 1 saturated heterocycles. The molecule has 0 atom stereocenters. The van der Waals surface area contributed by atoms with Gasteiger partial charge < -0.3 is 10.2 Å². The van der Waals surface area contributed by atoms with Gasteiger partial charge in [0.2, 0.25) is 0 Å². The topological polar surface area (TPSA) is 48.5 Å². The summed E-state index contributed by atoms with van der Waals surface area (Å²) in [6, 6.07) is 22.7. The minimum absolute atomic E-state index is 0.115. The zero-order valence-corrected chi connectivity index (χ0v) is 18.6. The third kappa shape index (κ3) is 4.16. The van der Waals surface area contributed by atoms with Crippen LogP contribution in [-0.4, -0.2) is 48.0 Å². The van der Waals surface area contributed by atoms with Gasteiger partial charge in [-0.1, -0.05) is 24.3 Å². The van der Waals surface area contributed by atoms with Gasteiger partial charge in [-0.05, 0) is 67.1 Å². The van der Waals surface area contributed by atoms with Gasteiger partial charge in [0.1, 0.15) is 0 Å². The minimum Gasteiger partial charge on any atom is -0.369 e. The van der Waals surface area contributed by atoms with E-state index in [2.05, 4.69) is 52.1 Å². The molecule has 5 heteroatoms. The molecule has 0 saturated carbocycles. The molecule has 1 aromatic heterocycles. The minimum atomic E-state index is -0.115. The Morgan fingerprint density at radius 3 is 2.44 bits per heavy atom. The van der Waals surface area contributed by atoms with Crippen molar-refractivity contribution in [2.75, 3.05) is 36.4 Å². The van der Waals surface area contributed by atoms with Gasteiger partial charge in [0.15, 0.2) is 0 Å². The lowest BCUT2D eigenvalue weighted by atomic mass is 10.0. The molecule has 1 N–H and O–H groups in total. The number of nitrogens with one attached hydrogen (secondary N) is 1. The van der Waals surface area contributed by atoms with E-state index in [0.717, 1.165) is 53.5 Å². The Kier molecular flexibility index (Phi) is 5.50. The van der Waals surface area contributed by atoms with Gasteiger partial charge in [0, 0.05) is 60.7 Å². The summed E-state index contributed by atoms with van der Waals surface area (Å²) < 4.78 is 0. The lowest BCUT2D eigenvalue weighted by Crippen LogP contribution is -2.48. The molecule has 1 fully saturated rings. The van der Waals surface area contributed by atoms with Gasteiger partial charge in [-0.2, -0.15) is 0 Å². The Bertz CT molecular complexity index is 1280. The molecule has 162 valence electrons. The summed E-state index contributed by atoms with van der Waals surface area (Å²) in [7, 11) is 0. The largest absolute Gasteiger partial charge is 0.369 e. The van der Waals surface area contributed by atoms with Crippen LogP contribution in [-0.2, 0) is 0 Å². The highest BCUT2D eigenvalue weighted by atomic mass is 16.1. The van der Waals surface area contributed by atoms with Crippen molar-refractivity contribution in [3.63, 3.8) is 0 Å². The number of rotatable bonds is 4. The van der Waals surface area contributed by atoms with Gasteiger partial charge in [-0.15, -0.1) is 0 Å². The summed E-state index contributed by atoms with van der Waals surface area (Å²) in [6.07, 6.45) is 1.76. The molecule has 4 aromatic rings. The number of aromatic nitrogens is 1. The number of benzene rings is 3. The van der Waals surface area contributed by atoms with Crippen LogP contribution in [0.25, 0.3) is 21.7 Å². The van der Waals surface area contributed by atoms with Crippen molar-refractivity contribution >= 4 is 39.0 Å². The Balaban J connectivity index is 1.32. The van der Waals surface area contributed by atoms with Crippen molar-refractivity contribution in [1.82, 2.24) is 9.88 Å². The smallest absolute Gasteiger partial charge is 0.255 e. The fourth-order valence-corrected chi connectivity index (χ4v) is 4.42. The molecule has 32 heavy (non-hydrogen) atoms. The highest BCUT2D eigenvalue weighted by molar-refractivity contribution is 6.07. The molecule has 0 aliphatic carbocycles. The highest BCUT2D eigenvalue weighted by Crippen LogP contribution is 2.25. The summed E-state index contributed by atoms with van der Waals surface area (Å²) in [5.41, 5.74) is 3.52. The van der Waals surface area contributed by atoms with Crippen LogP contribution in [0.1, 0.15) is 24.2 Å². The second kappa shape index (κ2) is 8.60. The van der Waals surface area contributed by atoms with Crippen LogP contribution in [0.4, 0.5) is 11.4 Å². The summed E-state index contributed by atoms with van der Waals surface area (Å²) in [5, 5.41) is 6.28. The summed E-state index contributed by atoms with van der Waals surface area (Å²) >= 11 is 0. The molecule has 1 amide bonds. The SMILES string of the molecule is CC(C)N1CCN(c2ccc3cc(C(=O)Nc4ccc5cccnc5c4)ccc3c2)CC1. The molecule has 5 rings (SSSR count). The number of fused-ring (bicyclic) bond motifs is 2. The summed E-state index contributed by atoms with van der Waals surface area (Å²) in [5.74, 6) is -0.115. The molecule has 0 bridgehead atoms. The van der Waals surface area contributed by atoms with Crippen LogP contribution >= 0.6 is 0 Å². The second-order valence-electron chi connectivity index (χ2n) is 8.73. The first-order valence-corrected chi connectivity index (χ1v) is 11.3. The quantitative estimate of drug-likeness (QED) is 0.491. The van der Waals surface area contributed by atoms with Crippen molar-refractivity contribution in [1.29, 1.82) is 0 Å². The summed E-state index contributed by atoms with van der Waals surface area (Å²) in [4.78, 5) is 22.2. The highest BCUT2D eigenvalue weighted by Gasteiger charge is 2.19. The van der Waals surface area contributed by atoms with Crippen molar-refractivity contribution in [2.24, 2.45) is 0 Å². The van der Waals surface area contributed by atoms with Crippen LogP contribution in [0.15, 0.2) is 72.9 Å². The molecule has 0 unspecified atom stereocenters. The lowest BCUT2D eigenvalue weighted by molar-refractivity contribution is 0.102. The molecule has 0 radical (unpaired) electrons. The monoisotopic (exact) mass is 424 g/mol. The van der Waals surface area contributed by atoms with Crippen LogP contribution in [0.3, 0.4) is 0 Å². The number of carbonyl (C=O) groups is 1. The number of amides is 1. The van der Waals surface area contributed by atoms with Gasteiger partial charge >= 0.3 is 0 Å². The van der Waals surface area contributed by atoms with Gasteiger partial charge in [0.05, 0.1) is 5.52 Å². The molecular weight excluding hydrogens is 396 g/mol. The van der Waals surface area contributed by atoms with Crippen molar-refractivity contribution in [2.45, 2.75) is 19.9 Å². The van der Waals surface area contributed by atoms with Crippen LogP contribution in [0.2, 0.25) is 0 Å². The van der Waals surface area contributed by atoms with E-state index in [4.69, 9.17) is 0 Å². The predicted molar refractivity (Wildman–Crippen MR) is 133 cm³/mol. The number of hydrogen-bond acceptors (Lipinski definition) is 4. The van der Waals surface area contributed by atoms with Gasteiger partial charge in [-0.3, -0.25) is 14.7 Å². The first-order valence-electron chi connectivity index (χ1n) is 11.3. The number of nitrogens with zero attached hydrogens (tertiary/aromatic N) is 3. The van der Waals surface area contributed by atoms with Crippen LogP contribution in [0.5, 0.6) is 0 Å². The number of pyridine rings is 1. The van der Waals surface area contributed by atoms with E-state index >= 15 is 0 Å². The van der Waals surface area contributed by atoms with Gasteiger partial charge in [0.25, 0.3) is 5.91 Å². The Hall–Kier alpha value is -3.44. The maximum Gasteiger partial charge on any atom is 0.255 e. The fraction of sp³-hybridized carbons (Fsp3) is 0.259. The first kappa shape index (κ1) is 20.5. The van der Waals surface area contributed by atoms with Crippen LogP contribution < -0.4 is 10.2 Å². The van der Waals surface area contributed by atoms with E-state index in [9.17, 15) is 4.79 Å². The number of anilines is 2. The van der Waals surface area contributed by atoms with E-state index in [-0.39, 0.29) is 5.91 Å². The average Bonchev–Trinajstić information content (AvgIpc) is 2.83. The molecule has 3 aromatic carbocycles. The van der Waals surface area contributed by atoms with E-state index < -0.39 is 0 Å².